The fourth-order valence-electron chi connectivity index (χ4n) is 3.35. The number of carbonyl (C=O) groups is 1. The fraction of sp³-hybridized carbons (Fsp3) is 0.238. The summed E-state index contributed by atoms with van der Waals surface area (Å²) < 4.78 is 0. The maximum absolute atomic E-state index is 12.5. The Morgan fingerprint density at radius 2 is 1.65 bits per heavy atom. The summed E-state index contributed by atoms with van der Waals surface area (Å²) in [5, 5.41) is 0.885. The molecule has 5 nitrogen and oxygen atoms in total. The third-order valence-corrected chi connectivity index (χ3v) is 4.48. The Morgan fingerprint density at radius 1 is 1.00 bits per heavy atom. The molecule has 0 bridgehead atoms. The molecular formula is C21H24N4O. The molecule has 26 heavy (non-hydrogen) atoms. The van der Waals surface area contributed by atoms with Crippen LogP contribution in [0.3, 0.4) is 0 Å². The van der Waals surface area contributed by atoms with Crippen LogP contribution in [0.5, 0.6) is 0 Å². The van der Waals surface area contributed by atoms with Crippen LogP contribution in [0.25, 0.3) is 10.9 Å². The Balaban J connectivity index is 2.23. The number of fused-ring (bicyclic) bond motifs is 1. The Labute approximate surface area is 154 Å². The first kappa shape index (κ1) is 17.7. The maximum atomic E-state index is 12.5. The van der Waals surface area contributed by atoms with Gasteiger partial charge in [-0.2, -0.15) is 0 Å². The molecule has 0 aliphatic rings. The number of hydrogen-bond acceptors (Lipinski definition) is 3. The lowest BCUT2D eigenvalue weighted by molar-refractivity contribution is 0.256. The van der Waals surface area contributed by atoms with Crippen molar-refractivity contribution in [3.8, 4) is 0 Å². The highest BCUT2D eigenvalue weighted by Gasteiger charge is 2.23. The van der Waals surface area contributed by atoms with Gasteiger partial charge in [-0.3, -0.25) is 9.88 Å². The van der Waals surface area contributed by atoms with Gasteiger partial charge in [0.25, 0.3) is 0 Å². The second-order valence-corrected chi connectivity index (χ2v) is 6.39. The summed E-state index contributed by atoms with van der Waals surface area (Å²) in [6.07, 6.45) is 1.70. The van der Waals surface area contributed by atoms with Crippen LogP contribution in [-0.4, -0.2) is 23.6 Å². The fourth-order valence-corrected chi connectivity index (χ4v) is 3.35. The molecule has 0 spiro atoms. The molecule has 0 aliphatic heterocycles. The van der Waals surface area contributed by atoms with Crippen LogP contribution in [0.2, 0.25) is 0 Å². The first-order valence-corrected chi connectivity index (χ1v) is 8.83. The van der Waals surface area contributed by atoms with Crippen molar-refractivity contribution in [1.29, 1.82) is 0 Å². The standard InChI is InChI=1S/C21H24N4O/c1-4-24(15(2)3)19-11-7-8-12-20(19)25(21(22)26)18-13-14-23-17-10-6-5-9-16(17)18/h5-15H,4H2,1-3H3,(H2,22,26). The Bertz CT molecular complexity index is 917. The number of pyridine rings is 1. The lowest BCUT2D eigenvalue weighted by Crippen LogP contribution is -2.36. The number of aromatic nitrogens is 1. The van der Waals surface area contributed by atoms with E-state index in [0.29, 0.717) is 6.04 Å². The SMILES string of the molecule is CCN(c1ccccc1N(C(N)=O)c1ccnc2ccccc12)C(C)C. The van der Waals surface area contributed by atoms with Crippen LogP contribution in [0.15, 0.2) is 60.8 Å². The lowest BCUT2D eigenvalue weighted by atomic mass is 10.1. The van der Waals surface area contributed by atoms with E-state index in [1.54, 1.807) is 11.1 Å². The van der Waals surface area contributed by atoms with E-state index in [4.69, 9.17) is 5.73 Å². The molecule has 0 atom stereocenters. The molecule has 5 heteroatoms. The zero-order valence-electron chi connectivity index (χ0n) is 15.4. The quantitative estimate of drug-likeness (QED) is 0.728. The zero-order valence-corrected chi connectivity index (χ0v) is 15.4. The number of rotatable bonds is 5. The summed E-state index contributed by atoms with van der Waals surface area (Å²) in [6.45, 7) is 7.21. The number of urea groups is 1. The summed E-state index contributed by atoms with van der Waals surface area (Å²) in [5.74, 6) is 0. The molecule has 1 aromatic heterocycles. The van der Waals surface area contributed by atoms with Crippen LogP contribution in [-0.2, 0) is 0 Å². The van der Waals surface area contributed by atoms with E-state index < -0.39 is 6.03 Å². The van der Waals surface area contributed by atoms with E-state index in [1.807, 2.05) is 54.6 Å². The number of benzene rings is 2. The van der Waals surface area contributed by atoms with Crippen LogP contribution >= 0.6 is 0 Å². The van der Waals surface area contributed by atoms with Crippen LogP contribution in [0.1, 0.15) is 20.8 Å². The summed E-state index contributed by atoms with van der Waals surface area (Å²) in [6, 6.07) is 17.2. The number of anilines is 3. The minimum Gasteiger partial charge on any atom is -0.368 e. The normalized spacial score (nSPS) is 10.9. The Hall–Kier alpha value is -3.08. The van der Waals surface area contributed by atoms with E-state index in [1.165, 1.54) is 0 Å². The van der Waals surface area contributed by atoms with Gasteiger partial charge in [-0.1, -0.05) is 30.3 Å². The summed E-state index contributed by atoms with van der Waals surface area (Å²) in [5.41, 5.74) is 9.13. The number of para-hydroxylation sites is 3. The van der Waals surface area contributed by atoms with Gasteiger partial charge in [0.05, 0.1) is 22.6 Å². The molecule has 1 heterocycles. The van der Waals surface area contributed by atoms with Crippen molar-refractivity contribution >= 4 is 34.0 Å². The van der Waals surface area contributed by atoms with E-state index in [-0.39, 0.29) is 0 Å². The largest absolute Gasteiger partial charge is 0.368 e. The molecular weight excluding hydrogens is 324 g/mol. The van der Waals surface area contributed by atoms with Gasteiger partial charge in [0, 0.05) is 24.2 Å². The average Bonchev–Trinajstić information content (AvgIpc) is 2.63. The zero-order chi connectivity index (χ0) is 18.7. The molecule has 3 rings (SSSR count). The molecule has 2 aromatic carbocycles. The highest BCUT2D eigenvalue weighted by atomic mass is 16.2. The van der Waals surface area contributed by atoms with Crippen molar-refractivity contribution in [2.45, 2.75) is 26.8 Å². The van der Waals surface area contributed by atoms with E-state index in [9.17, 15) is 4.79 Å². The number of nitrogens with two attached hydrogens (primary N) is 1. The molecule has 0 aliphatic carbocycles. The Kier molecular flexibility index (Phi) is 5.07. The number of primary amides is 1. The van der Waals surface area contributed by atoms with Crippen LogP contribution in [0.4, 0.5) is 21.9 Å². The molecule has 3 aromatic rings. The first-order chi connectivity index (χ1) is 12.5. The van der Waals surface area contributed by atoms with Crippen molar-refractivity contribution in [2.75, 3.05) is 16.3 Å². The highest BCUT2D eigenvalue weighted by Crippen LogP contribution is 2.37. The van der Waals surface area contributed by atoms with Gasteiger partial charge in [-0.05, 0) is 45.0 Å². The number of carbonyl (C=O) groups excluding carboxylic acids is 1. The monoisotopic (exact) mass is 348 g/mol. The molecule has 2 amide bonds. The van der Waals surface area contributed by atoms with Crippen molar-refractivity contribution in [1.82, 2.24) is 4.98 Å². The first-order valence-electron chi connectivity index (χ1n) is 8.83. The topological polar surface area (TPSA) is 62.5 Å². The van der Waals surface area contributed by atoms with E-state index in [2.05, 4.69) is 30.7 Å². The van der Waals surface area contributed by atoms with Gasteiger partial charge >= 0.3 is 6.03 Å². The molecule has 0 radical (unpaired) electrons. The number of nitrogens with zero attached hydrogens (tertiary/aromatic N) is 3. The Morgan fingerprint density at radius 3 is 2.31 bits per heavy atom. The summed E-state index contributed by atoms with van der Waals surface area (Å²) >= 11 is 0. The van der Waals surface area contributed by atoms with Crippen molar-refractivity contribution in [3.05, 3.63) is 60.8 Å². The second kappa shape index (κ2) is 7.44. The third-order valence-electron chi connectivity index (χ3n) is 4.48. The van der Waals surface area contributed by atoms with Crippen LogP contribution < -0.4 is 15.5 Å². The predicted octanol–water partition coefficient (Wildman–Crippen LogP) is 4.69. The maximum Gasteiger partial charge on any atom is 0.323 e. The summed E-state index contributed by atoms with van der Waals surface area (Å²) in [4.78, 5) is 20.7. The van der Waals surface area contributed by atoms with E-state index in [0.717, 1.165) is 34.5 Å². The molecule has 134 valence electrons. The highest BCUT2D eigenvalue weighted by molar-refractivity contribution is 6.08. The van der Waals surface area contributed by atoms with E-state index >= 15 is 0 Å². The molecule has 0 fully saturated rings. The number of amides is 2. The second-order valence-electron chi connectivity index (χ2n) is 6.39. The van der Waals surface area contributed by atoms with Gasteiger partial charge in [0.2, 0.25) is 0 Å². The summed E-state index contributed by atoms with van der Waals surface area (Å²) in [7, 11) is 0. The minimum absolute atomic E-state index is 0.296. The predicted molar refractivity (Wildman–Crippen MR) is 108 cm³/mol. The number of hydrogen-bond donors (Lipinski definition) is 1. The van der Waals surface area contributed by atoms with Crippen LogP contribution in [0, 0.1) is 0 Å². The van der Waals surface area contributed by atoms with Gasteiger partial charge in [-0.15, -0.1) is 0 Å². The molecule has 0 saturated carbocycles. The van der Waals surface area contributed by atoms with Crippen molar-refractivity contribution in [3.63, 3.8) is 0 Å². The van der Waals surface area contributed by atoms with Gasteiger partial charge in [0.1, 0.15) is 0 Å². The lowest BCUT2D eigenvalue weighted by Gasteiger charge is -2.33. The average molecular weight is 348 g/mol. The smallest absolute Gasteiger partial charge is 0.323 e. The molecule has 0 unspecified atom stereocenters. The van der Waals surface area contributed by atoms with Gasteiger partial charge < -0.3 is 10.6 Å². The van der Waals surface area contributed by atoms with Gasteiger partial charge in [0.15, 0.2) is 0 Å². The third kappa shape index (κ3) is 3.20. The molecule has 0 saturated heterocycles. The van der Waals surface area contributed by atoms with Gasteiger partial charge in [-0.25, -0.2) is 4.79 Å². The minimum atomic E-state index is -0.520. The van der Waals surface area contributed by atoms with Crippen molar-refractivity contribution in [2.24, 2.45) is 5.73 Å². The van der Waals surface area contributed by atoms with Crippen molar-refractivity contribution < 1.29 is 4.79 Å². The molecule has 2 N–H and O–H groups in total.